The van der Waals surface area contributed by atoms with Crippen LogP contribution < -0.4 is 30.0 Å². The molecule has 0 aliphatic rings. The number of rotatable bonds is 9. The molecule has 0 aromatic heterocycles. The van der Waals surface area contributed by atoms with Crippen LogP contribution >= 0.6 is 0 Å². The average Bonchev–Trinajstić information content (AvgIpc) is 2.74. The van der Waals surface area contributed by atoms with Crippen LogP contribution in [-0.2, 0) is 0 Å². The lowest BCUT2D eigenvalue weighted by Gasteiger charge is -2.17. The van der Waals surface area contributed by atoms with E-state index in [2.05, 4.69) is 10.9 Å². The molecule has 0 spiro atoms. The first-order chi connectivity index (χ1) is 14.4. The number of nitrogens with one attached hydrogen (secondary N) is 2. The van der Waals surface area contributed by atoms with Gasteiger partial charge in [-0.25, -0.2) is 0 Å². The highest BCUT2D eigenvalue weighted by atomic mass is 16.5. The van der Waals surface area contributed by atoms with Crippen LogP contribution in [0.2, 0.25) is 0 Å². The van der Waals surface area contributed by atoms with E-state index in [9.17, 15) is 9.59 Å². The summed E-state index contributed by atoms with van der Waals surface area (Å²) < 4.78 is 16.9. The van der Waals surface area contributed by atoms with E-state index in [1.54, 1.807) is 24.3 Å². The molecule has 2 N–H and O–H groups in total. The molecule has 0 bridgehead atoms. The van der Waals surface area contributed by atoms with Gasteiger partial charge in [-0.1, -0.05) is 0 Å². The summed E-state index contributed by atoms with van der Waals surface area (Å²) in [6, 6.07) is 10.1. The third-order valence-corrected chi connectivity index (χ3v) is 4.11. The van der Waals surface area contributed by atoms with E-state index >= 15 is 0 Å². The summed E-state index contributed by atoms with van der Waals surface area (Å²) in [5.74, 6) is 0.331. The quantitative estimate of drug-likeness (QED) is 0.612. The van der Waals surface area contributed by atoms with Gasteiger partial charge in [0.25, 0.3) is 11.8 Å². The van der Waals surface area contributed by atoms with Crippen LogP contribution in [0, 0.1) is 0 Å². The number of benzene rings is 2. The molecular weight excluding hydrogens is 386 g/mol. The van der Waals surface area contributed by atoms with Crippen molar-refractivity contribution in [1.82, 2.24) is 10.9 Å². The number of hydrogen-bond acceptors (Lipinski definition) is 6. The van der Waals surface area contributed by atoms with Crippen molar-refractivity contribution in [3.8, 4) is 17.2 Å². The van der Waals surface area contributed by atoms with Crippen LogP contribution in [0.5, 0.6) is 17.2 Å². The minimum Gasteiger partial charge on any atom is -0.490 e. The highest BCUT2D eigenvalue weighted by Gasteiger charge is 2.19. The van der Waals surface area contributed by atoms with E-state index in [0.717, 1.165) is 5.69 Å². The first-order valence-electron chi connectivity index (χ1n) is 9.85. The summed E-state index contributed by atoms with van der Waals surface area (Å²) in [5.41, 5.74) is 6.52. The van der Waals surface area contributed by atoms with Crippen LogP contribution in [0.15, 0.2) is 36.4 Å². The summed E-state index contributed by atoms with van der Waals surface area (Å²) >= 11 is 0. The second-order valence-electron chi connectivity index (χ2n) is 6.45. The summed E-state index contributed by atoms with van der Waals surface area (Å²) in [6.07, 6.45) is 0. The van der Waals surface area contributed by atoms with Crippen molar-refractivity contribution in [3.63, 3.8) is 0 Å². The van der Waals surface area contributed by atoms with Gasteiger partial charge in [-0.05, 0) is 57.2 Å². The highest BCUT2D eigenvalue weighted by molar-refractivity contribution is 5.99. The topological polar surface area (TPSA) is 89.1 Å². The zero-order valence-corrected chi connectivity index (χ0v) is 18.1. The molecule has 162 valence electrons. The molecule has 8 nitrogen and oxygen atoms in total. The summed E-state index contributed by atoms with van der Waals surface area (Å²) in [7, 11) is 3.83. The molecule has 0 atom stereocenters. The van der Waals surface area contributed by atoms with Gasteiger partial charge in [0.2, 0.25) is 5.75 Å². The Morgan fingerprint density at radius 3 is 1.67 bits per heavy atom. The number of anilines is 1. The number of nitrogens with zero attached hydrogens (tertiary/aromatic N) is 1. The molecule has 2 aromatic rings. The molecule has 0 unspecified atom stereocenters. The second-order valence-corrected chi connectivity index (χ2v) is 6.45. The highest BCUT2D eigenvalue weighted by Crippen LogP contribution is 2.39. The molecule has 2 aromatic carbocycles. The molecule has 0 aliphatic heterocycles. The van der Waals surface area contributed by atoms with Crippen molar-refractivity contribution < 1.29 is 23.8 Å². The first kappa shape index (κ1) is 22.9. The van der Waals surface area contributed by atoms with E-state index in [1.807, 2.05) is 51.9 Å². The van der Waals surface area contributed by atoms with Crippen LogP contribution in [0.4, 0.5) is 5.69 Å². The zero-order chi connectivity index (χ0) is 22.1. The Labute approximate surface area is 177 Å². The number of carbonyl (C=O) groups excluding carboxylic acids is 2. The number of hydrogen-bond donors (Lipinski definition) is 2. The van der Waals surface area contributed by atoms with Crippen molar-refractivity contribution in [3.05, 3.63) is 47.5 Å². The van der Waals surface area contributed by atoms with E-state index in [1.165, 1.54) is 0 Å². The van der Waals surface area contributed by atoms with Gasteiger partial charge in [0.05, 0.1) is 19.8 Å². The van der Waals surface area contributed by atoms with E-state index in [0.29, 0.717) is 42.6 Å². The van der Waals surface area contributed by atoms with Gasteiger partial charge in [-0.3, -0.25) is 20.4 Å². The van der Waals surface area contributed by atoms with Crippen LogP contribution in [0.1, 0.15) is 41.5 Å². The number of hydrazine groups is 1. The van der Waals surface area contributed by atoms with E-state index in [-0.39, 0.29) is 5.56 Å². The maximum absolute atomic E-state index is 12.6. The Balaban J connectivity index is 2.16. The SMILES string of the molecule is CCOc1cc(C(=O)NNC(=O)c2ccc(N(C)C)cc2)cc(OCC)c1OCC. The molecule has 0 fully saturated rings. The number of amides is 2. The van der Waals surface area contributed by atoms with E-state index < -0.39 is 11.8 Å². The van der Waals surface area contributed by atoms with Gasteiger partial charge in [-0.15, -0.1) is 0 Å². The lowest BCUT2D eigenvalue weighted by atomic mass is 10.1. The van der Waals surface area contributed by atoms with Crippen molar-refractivity contribution in [1.29, 1.82) is 0 Å². The summed E-state index contributed by atoms with van der Waals surface area (Å²) in [6.45, 7) is 6.75. The van der Waals surface area contributed by atoms with Crippen molar-refractivity contribution in [2.45, 2.75) is 20.8 Å². The van der Waals surface area contributed by atoms with Crippen LogP contribution in [-0.4, -0.2) is 45.7 Å². The van der Waals surface area contributed by atoms with Gasteiger partial charge in [0, 0.05) is 30.9 Å². The number of ether oxygens (including phenoxy) is 3. The van der Waals surface area contributed by atoms with Gasteiger partial charge in [0.1, 0.15) is 0 Å². The van der Waals surface area contributed by atoms with Gasteiger partial charge < -0.3 is 19.1 Å². The third kappa shape index (κ3) is 5.79. The fraction of sp³-hybridized carbons (Fsp3) is 0.364. The Bertz CT molecular complexity index is 839. The molecule has 2 amide bonds. The molecule has 2 rings (SSSR count). The monoisotopic (exact) mass is 415 g/mol. The Hall–Kier alpha value is -3.42. The molecule has 0 aliphatic carbocycles. The van der Waals surface area contributed by atoms with Crippen molar-refractivity contribution in [2.75, 3.05) is 38.8 Å². The third-order valence-electron chi connectivity index (χ3n) is 4.11. The van der Waals surface area contributed by atoms with Crippen molar-refractivity contribution >= 4 is 17.5 Å². The van der Waals surface area contributed by atoms with E-state index in [4.69, 9.17) is 14.2 Å². The Morgan fingerprint density at radius 1 is 0.767 bits per heavy atom. The molecule has 0 heterocycles. The second kappa shape index (κ2) is 10.9. The lowest BCUT2D eigenvalue weighted by molar-refractivity contribution is 0.0846. The molecule has 30 heavy (non-hydrogen) atoms. The average molecular weight is 415 g/mol. The summed E-state index contributed by atoms with van der Waals surface area (Å²) in [4.78, 5) is 26.9. The maximum atomic E-state index is 12.6. The van der Waals surface area contributed by atoms with Crippen molar-refractivity contribution in [2.24, 2.45) is 0 Å². The predicted molar refractivity (Wildman–Crippen MR) is 116 cm³/mol. The fourth-order valence-corrected chi connectivity index (χ4v) is 2.69. The molecule has 0 saturated carbocycles. The minimum absolute atomic E-state index is 0.272. The predicted octanol–water partition coefficient (Wildman–Crippen LogP) is 3.02. The lowest BCUT2D eigenvalue weighted by Crippen LogP contribution is -2.41. The molecule has 0 saturated heterocycles. The smallest absolute Gasteiger partial charge is 0.269 e. The summed E-state index contributed by atoms with van der Waals surface area (Å²) in [5, 5.41) is 0. The van der Waals surface area contributed by atoms with Gasteiger partial charge in [-0.2, -0.15) is 0 Å². The van der Waals surface area contributed by atoms with Gasteiger partial charge in [0.15, 0.2) is 11.5 Å². The molecular formula is C22H29N3O5. The largest absolute Gasteiger partial charge is 0.490 e. The normalized spacial score (nSPS) is 10.2. The Kier molecular flexibility index (Phi) is 8.34. The zero-order valence-electron chi connectivity index (χ0n) is 18.1. The number of carbonyl (C=O) groups is 2. The van der Waals surface area contributed by atoms with Crippen LogP contribution in [0.3, 0.4) is 0 Å². The van der Waals surface area contributed by atoms with Gasteiger partial charge >= 0.3 is 0 Å². The van der Waals surface area contributed by atoms with Crippen LogP contribution in [0.25, 0.3) is 0 Å². The standard InChI is InChI=1S/C22H29N3O5/c1-6-28-18-13-16(14-19(29-7-2)20(18)30-8-3)22(27)24-23-21(26)15-9-11-17(12-10-15)25(4)5/h9-14H,6-8H2,1-5H3,(H,23,26)(H,24,27). The first-order valence-corrected chi connectivity index (χ1v) is 9.85. The minimum atomic E-state index is -0.502. The maximum Gasteiger partial charge on any atom is 0.269 e. The Morgan fingerprint density at radius 2 is 1.23 bits per heavy atom. The molecule has 0 radical (unpaired) electrons. The fourth-order valence-electron chi connectivity index (χ4n) is 2.69. The molecule has 8 heteroatoms.